The van der Waals surface area contributed by atoms with Gasteiger partial charge < -0.3 is 19.3 Å². The van der Waals surface area contributed by atoms with E-state index >= 15 is 0 Å². The van der Waals surface area contributed by atoms with Crippen molar-refractivity contribution in [3.8, 4) is 11.5 Å². The molecular formula is C25H29N3O4. The Balaban J connectivity index is 1.46. The fourth-order valence-electron chi connectivity index (χ4n) is 3.83. The Bertz CT molecular complexity index is 1060. The van der Waals surface area contributed by atoms with Crippen molar-refractivity contribution in [1.29, 1.82) is 0 Å². The number of methoxy groups -OCH3 is 1. The van der Waals surface area contributed by atoms with Gasteiger partial charge in [-0.15, -0.1) is 0 Å². The zero-order valence-corrected chi connectivity index (χ0v) is 18.7. The normalized spacial score (nSPS) is 16.2. The average Bonchev–Trinajstić information content (AvgIpc) is 3.23. The number of nitrogens with zero attached hydrogens (tertiary/aromatic N) is 2. The molecule has 7 nitrogen and oxygen atoms in total. The summed E-state index contributed by atoms with van der Waals surface area (Å²) in [6.45, 7) is 6.57. The van der Waals surface area contributed by atoms with E-state index in [2.05, 4.69) is 21.4 Å². The van der Waals surface area contributed by atoms with Crippen LogP contribution < -0.4 is 14.8 Å². The van der Waals surface area contributed by atoms with Crippen LogP contribution in [0.2, 0.25) is 0 Å². The number of amides is 1. The number of rotatable bonds is 7. The van der Waals surface area contributed by atoms with Gasteiger partial charge in [0.05, 0.1) is 7.11 Å². The predicted molar refractivity (Wildman–Crippen MR) is 121 cm³/mol. The molecule has 3 aromatic rings. The number of nitrogens with one attached hydrogen (secondary N) is 1. The van der Waals surface area contributed by atoms with Crippen molar-refractivity contribution in [1.82, 2.24) is 15.4 Å². The second-order valence-electron chi connectivity index (χ2n) is 8.22. The van der Waals surface area contributed by atoms with Gasteiger partial charge in [0.15, 0.2) is 5.69 Å². The summed E-state index contributed by atoms with van der Waals surface area (Å²) in [6.07, 6.45) is -0.186. The van der Waals surface area contributed by atoms with Crippen LogP contribution in [0.3, 0.4) is 0 Å². The summed E-state index contributed by atoms with van der Waals surface area (Å²) in [6, 6.07) is 17.7. The highest BCUT2D eigenvalue weighted by Gasteiger charge is 2.26. The molecule has 2 heterocycles. The molecule has 1 aromatic heterocycles. The number of fused-ring (bicyclic) bond motifs is 1. The Labute approximate surface area is 188 Å². The van der Waals surface area contributed by atoms with Gasteiger partial charge in [0.25, 0.3) is 5.91 Å². The number of aromatic nitrogens is 1. The third-order valence-corrected chi connectivity index (χ3v) is 5.59. The molecule has 168 valence electrons. The minimum Gasteiger partial charge on any atom is -0.496 e. The van der Waals surface area contributed by atoms with Crippen LogP contribution >= 0.6 is 0 Å². The lowest BCUT2D eigenvalue weighted by Crippen LogP contribution is -2.36. The molecule has 0 aliphatic carbocycles. The third-order valence-electron chi connectivity index (χ3n) is 5.59. The largest absolute Gasteiger partial charge is 0.496 e. The van der Waals surface area contributed by atoms with E-state index in [1.807, 2.05) is 56.3 Å². The summed E-state index contributed by atoms with van der Waals surface area (Å²) < 4.78 is 17.2. The number of benzene rings is 2. The van der Waals surface area contributed by atoms with Crippen molar-refractivity contribution in [3.05, 3.63) is 77.2 Å². The summed E-state index contributed by atoms with van der Waals surface area (Å²) in [7, 11) is 1.67. The molecule has 0 unspecified atom stereocenters. The van der Waals surface area contributed by atoms with Gasteiger partial charge in [-0.2, -0.15) is 0 Å². The second kappa shape index (κ2) is 9.87. The topological polar surface area (TPSA) is 76.8 Å². The van der Waals surface area contributed by atoms with Gasteiger partial charge in [-0.05, 0) is 12.1 Å². The molecule has 2 aromatic carbocycles. The highest BCUT2D eigenvalue weighted by atomic mass is 16.5. The number of para-hydroxylation sites is 2. The quantitative estimate of drug-likeness (QED) is 0.600. The summed E-state index contributed by atoms with van der Waals surface area (Å²) in [5, 5.41) is 6.84. The van der Waals surface area contributed by atoms with Gasteiger partial charge in [-0.3, -0.25) is 9.69 Å². The molecule has 1 N–H and O–H groups in total. The van der Waals surface area contributed by atoms with E-state index in [0.717, 1.165) is 29.2 Å². The molecule has 0 spiro atoms. The lowest BCUT2D eigenvalue weighted by atomic mass is 10.1. The second-order valence-corrected chi connectivity index (χ2v) is 8.22. The van der Waals surface area contributed by atoms with Gasteiger partial charge >= 0.3 is 0 Å². The maximum Gasteiger partial charge on any atom is 0.273 e. The Morgan fingerprint density at radius 1 is 1.22 bits per heavy atom. The first-order valence-electron chi connectivity index (χ1n) is 10.9. The SMILES string of the molecule is COc1ccccc1[C@H]1CN(CCNC(=O)c2cc(C(C)C)on2)Cc2ccccc2O1. The molecule has 0 radical (unpaired) electrons. The van der Waals surface area contributed by atoms with Crippen LogP contribution in [0.4, 0.5) is 0 Å². The molecule has 1 aliphatic heterocycles. The van der Waals surface area contributed by atoms with Crippen molar-refractivity contribution in [2.24, 2.45) is 0 Å². The van der Waals surface area contributed by atoms with Crippen LogP contribution in [-0.2, 0) is 6.54 Å². The first kappa shape index (κ1) is 21.9. The van der Waals surface area contributed by atoms with E-state index in [1.54, 1.807) is 13.2 Å². The van der Waals surface area contributed by atoms with Crippen molar-refractivity contribution in [2.75, 3.05) is 26.7 Å². The third kappa shape index (κ3) is 4.94. The Kier molecular flexibility index (Phi) is 6.75. The van der Waals surface area contributed by atoms with Gasteiger partial charge in [-0.1, -0.05) is 55.4 Å². The van der Waals surface area contributed by atoms with Crippen LogP contribution in [0.5, 0.6) is 11.5 Å². The number of hydrogen-bond donors (Lipinski definition) is 1. The maximum atomic E-state index is 12.5. The minimum atomic E-state index is -0.228. The molecule has 1 atom stereocenters. The number of hydrogen-bond acceptors (Lipinski definition) is 6. The molecule has 32 heavy (non-hydrogen) atoms. The van der Waals surface area contributed by atoms with Gasteiger partial charge in [-0.25, -0.2) is 0 Å². The van der Waals surface area contributed by atoms with Crippen molar-refractivity contribution in [2.45, 2.75) is 32.4 Å². The molecule has 0 fully saturated rings. The molecule has 4 rings (SSSR count). The van der Waals surface area contributed by atoms with Crippen LogP contribution in [0, 0.1) is 0 Å². The Morgan fingerprint density at radius 2 is 2.00 bits per heavy atom. The van der Waals surface area contributed by atoms with Crippen LogP contribution in [-0.4, -0.2) is 42.7 Å². The Hall–Kier alpha value is -3.32. The summed E-state index contributed by atoms with van der Waals surface area (Å²) in [4.78, 5) is 14.7. The van der Waals surface area contributed by atoms with Gasteiger partial charge in [0, 0.05) is 49.3 Å². The zero-order chi connectivity index (χ0) is 22.5. The molecule has 0 saturated heterocycles. The maximum absolute atomic E-state index is 12.5. The fraction of sp³-hybridized carbons (Fsp3) is 0.360. The lowest BCUT2D eigenvalue weighted by molar-refractivity contribution is 0.0933. The molecule has 7 heteroatoms. The van der Waals surface area contributed by atoms with E-state index in [-0.39, 0.29) is 17.9 Å². The van der Waals surface area contributed by atoms with Crippen molar-refractivity contribution in [3.63, 3.8) is 0 Å². The molecule has 0 saturated carbocycles. The minimum absolute atomic E-state index is 0.186. The summed E-state index contributed by atoms with van der Waals surface area (Å²) in [5.74, 6) is 2.34. The highest BCUT2D eigenvalue weighted by molar-refractivity contribution is 5.92. The number of carbonyl (C=O) groups is 1. The molecule has 0 bridgehead atoms. The van der Waals surface area contributed by atoms with Gasteiger partial charge in [0.1, 0.15) is 23.4 Å². The van der Waals surface area contributed by atoms with E-state index < -0.39 is 0 Å². The zero-order valence-electron chi connectivity index (χ0n) is 18.7. The number of ether oxygens (including phenoxy) is 2. The van der Waals surface area contributed by atoms with Crippen LogP contribution in [0.25, 0.3) is 0 Å². The highest BCUT2D eigenvalue weighted by Crippen LogP contribution is 2.34. The summed E-state index contributed by atoms with van der Waals surface area (Å²) in [5.41, 5.74) is 2.43. The molecule has 1 amide bonds. The van der Waals surface area contributed by atoms with Crippen molar-refractivity contribution < 1.29 is 18.8 Å². The average molecular weight is 436 g/mol. The molecular weight excluding hydrogens is 406 g/mol. The summed E-state index contributed by atoms with van der Waals surface area (Å²) >= 11 is 0. The van der Waals surface area contributed by atoms with Crippen molar-refractivity contribution >= 4 is 5.91 Å². The van der Waals surface area contributed by atoms with Crippen LogP contribution in [0.15, 0.2) is 59.1 Å². The lowest BCUT2D eigenvalue weighted by Gasteiger charge is -2.25. The predicted octanol–water partition coefficient (Wildman–Crippen LogP) is 4.17. The van der Waals surface area contributed by atoms with E-state index in [0.29, 0.717) is 31.1 Å². The first-order chi connectivity index (χ1) is 15.5. The fourth-order valence-corrected chi connectivity index (χ4v) is 3.83. The first-order valence-corrected chi connectivity index (χ1v) is 10.9. The monoisotopic (exact) mass is 435 g/mol. The van der Waals surface area contributed by atoms with E-state index in [4.69, 9.17) is 14.0 Å². The smallest absolute Gasteiger partial charge is 0.273 e. The van der Waals surface area contributed by atoms with E-state index in [9.17, 15) is 4.79 Å². The van der Waals surface area contributed by atoms with E-state index in [1.165, 1.54) is 0 Å². The van der Waals surface area contributed by atoms with Gasteiger partial charge in [0.2, 0.25) is 0 Å². The van der Waals surface area contributed by atoms with Crippen LogP contribution in [0.1, 0.15) is 53.2 Å². The number of carbonyl (C=O) groups excluding carboxylic acids is 1. The Morgan fingerprint density at radius 3 is 2.78 bits per heavy atom. The molecule has 1 aliphatic rings. The standard InChI is InChI=1S/C25H29N3O4/c1-17(2)23-14-20(27-32-23)25(29)26-12-13-28-15-18-8-4-6-10-21(18)31-24(16-28)19-9-5-7-11-22(19)30-3/h4-11,14,17,24H,12-13,15-16H2,1-3H3,(H,26,29)/t24-/m1/s1.